The third kappa shape index (κ3) is 5.26. The van der Waals surface area contributed by atoms with Crippen molar-refractivity contribution >= 4 is 17.1 Å². The van der Waals surface area contributed by atoms with E-state index in [2.05, 4.69) is 229 Å². The van der Waals surface area contributed by atoms with Gasteiger partial charge in [0, 0.05) is 28.2 Å². The molecule has 2 heteroatoms. The molecule has 1 aliphatic heterocycles. The molecule has 2 aliphatic rings. The van der Waals surface area contributed by atoms with Gasteiger partial charge in [0.1, 0.15) is 11.5 Å². The monoisotopic (exact) mass is 727 g/mol. The Balaban J connectivity index is 1.04. The highest BCUT2D eigenvalue weighted by atomic mass is 16.5. The number of para-hydroxylation sites is 2. The minimum Gasteiger partial charge on any atom is -0.457 e. The first-order valence-electron chi connectivity index (χ1n) is 19.6. The van der Waals surface area contributed by atoms with E-state index in [9.17, 15) is 0 Å². The van der Waals surface area contributed by atoms with Gasteiger partial charge in [0.2, 0.25) is 0 Å². The summed E-state index contributed by atoms with van der Waals surface area (Å²) in [6.07, 6.45) is 0. The molecule has 0 radical (unpaired) electrons. The van der Waals surface area contributed by atoms with Gasteiger partial charge in [-0.15, -0.1) is 0 Å². The molecule has 11 rings (SSSR count). The van der Waals surface area contributed by atoms with Crippen molar-refractivity contribution in [1.29, 1.82) is 0 Å². The predicted octanol–water partition coefficient (Wildman–Crippen LogP) is 14.6. The predicted molar refractivity (Wildman–Crippen MR) is 235 cm³/mol. The van der Waals surface area contributed by atoms with Crippen molar-refractivity contribution in [3.63, 3.8) is 0 Å². The van der Waals surface area contributed by atoms with E-state index in [1.54, 1.807) is 0 Å². The van der Waals surface area contributed by atoms with Crippen molar-refractivity contribution in [2.24, 2.45) is 0 Å². The third-order valence-electron chi connectivity index (χ3n) is 11.8. The van der Waals surface area contributed by atoms with Gasteiger partial charge in [0.25, 0.3) is 0 Å². The molecule has 1 aliphatic carbocycles. The molecular weight excluding hydrogens is 691 g/mol. The summed E-state index contributed by atoms with van der Waals surface area (Å²) in [5, 5.41) is 0. The van der Waals surface area contributed by atoms with Crippen LogP contribution in [0.3, 0.4) is 0 Å². The Bertz CT molecular complexity index is 2770. The van der Waals surface area contributed by atoms with Crippen molar-refractivity contribution in [1.82, 2.24) is 0 Å². The fourth-order valence-corrected chi connectivity index (χ4v) is 9.25. The number of hydrogen-bond acceptors (Lipinski definition) is 2. The van der Waals surface area contributed by atoms with Gasteiger partial charge < -0.3 is 9.64 Å². The van der Waals surface area contributed by atoms with Crippen molar-refractivity contribution in [3.05, 3.63) is 247 Å². The van der Waals surface area contributed by atoms with Crippen LogP contribution >= 0.6 is 0 Å². The highest BCUT2D eigenvalue weighted by molar-refractivity contribution is 5.97. The maximum absolute atomic E-state index is 6.57. The van der Waals surface area contributed by atoms with Gasteiger partial charge in [-0.2, -0.15) is 0 Å². The standard InChI is InChI=1S/C55H37NO/c1-3-14-38(15-4-1)40-26-32-43(33-27-40)56(44-34-28-41(29-35-44)39-16-5-2-6-17-39)45-36-30-42(31-37-45)46-19-13-23-51-54(46)47-18-7-8-20-48(47)55(51)49-21-9-11-24-52(49)57-53-25-12-10-22-50(53)55/h1-37H. The van der Waals surface area contributed by atoms with Gasteiger partial charge in [-0.1, -0.05) is 176 Å². The number of benzene rings is 9. The average Bonchev–Trinajstić information content (AvgIpc) is 3.59. The molecule has 0 saturated heterocycles. The lowest BCUT2D eigenvalue weighted by atomic mass is 9.66. The Labute approximate surface area is 333 Å². The Morgan fingerprint density at radius 3 is 1.19 bits per heavy atom. The van der Waals surface area contributed by atoms with E-state index in [0.29, 0.717) is 0 Å². The lowest BCUT2D eigenvalue weighted by Gasteiger charge is -2.39. The van der Waals surface area contributed by atoms with E-state index in [4.69, 9.17) is 4.74 Å². The third-order valence-corrected chi connectivity index (χ3v) is 11.8. The normalized spacial score (nSPS) is 12.8. The van der Waals surface area contributed by atoms with Crippen LogP contribution in [0.25, 0.3) is 44.5 Å². The molecule has 9 aromatic carbocycles. The zero-order valence-electron chi connectivity index (χ0n) is 31.2. The Hall–Kier alpha value is -7.42. The van der Waals surface area contributed by atoms with E-state index in [1.807, 2.05) is 0 Å². The second kappa shape index (κ2) is 13.4. The number of nitrogens with zero attached hydrogens (tertiary/aromatic N) is 1. The zero-order valence-corrected chi connectivity index (χ0v) is 31.2. The summed E-state index contributed by atoms with van der Waals surface area (Å²) in [5.41, 5.74) is 17.5. The molecule has 1 heterocycles. The van der Waals surface area contributed by atoms with Crippen LogP contribution in [0, 0.1) is 0 Å². The molecule has 0 amide bonds. The minimum atomic E-state index is -0.498. The van der Waals surface area contributed by atoms with E-state index in [1.165, 1.54) is 66.8 Å². The molecule has 0 aromatic heterocycles. The molecule has 0 atom stereocenters. The fourth-order valence-electron chi connectivity index (χ4n) is 9.25. The highest BCUT2D eigenvalue weighted by Gasteiger charge is 2.51. The molecule has 0 unspecified atom stereocenters. The van der Waals surface area contributed by atoms with Crippen LogP contribution in [0.15, 0.2) is 224 Å². The topological polar surface area (TPSA) is 12.5 Å². The quantitative estimate of drug-likeness (QED) is 0.169. The van der Waals surface area contributed by atoms with Crippen LogP contribution < -0.4 is 9.64 Å². The van der Waals surface area contributed by atoms with Crippen molar-refractivity contribution in [3.8, 4) is 56.0 Å². The molecule has 268 valence electrons. The zero-order chi connectivity index (χ0) is 37.8. The second-order valence-corrected chi connectivity index (χ2v) is 14.8. The number of rotatable bonds is 6. The van der Waals surface area contributed by atoms with E-state index in [0.717, 1.165) is 28.6 Å². The molecule has 0 bridgehead atoms. The first-order chi connectivity index (χ1) is 28.3. The summed E-state index contributed by atoms with van der Waals surface area (Å²) < 4.78 is 6.57. The number of hydrogen-bond donors (Lipinski definition) is 0. The van der Waals surface area contributed by atoms with Gasteiger partial charge in [0.15, 0.2) is 0 Å². The first-order valence-corrected chi connectivity index (χ1v) is 19.6. The van der Waals surface area contributed by atoms with Crippen LogP contribution in [0.2, 0.25) is 0 Å². The Kier molecular flexibility index (Phi) is 7.75. The SMILES string of the molecule is c1ccc(-c2ccc(N(c3ccc(-c4ccccc4)cc3)c3ccc(-c4cccc5c4-c4ccccc4C54c5ccccc5Oc5ccccc54)cc3)cc2)cc1. The Morgan fingerprint density at radius 1 is 0.281 bits per heavy atom. The van der Waals surface area contributed by atoms with E-state index >= 15 is 0 Å². The molecule has 0 saturated carbocycles. The van der Waals surface area contributed by atoms with Gasteiger partial charge >= 0.3 is 0 Å². The molecule has 9 aromatic rings. The maximum Gasteiger partial charge on any atom is 0.132 e. The van der Waals surface area contributed by atoms with E-state index < -0.39 is 5.41 Å². The van der Waals surface area contributed by atoms with Gasteiger partial charge in [-0.3, -0.25) is 0 Å². The maximum atomic E-state index is 6.57. The second-order valence-electron chi connectivity index (χ2n) is 14.8. The van der Waals surface area contributed by atoms with Gasteiger partial charge in [-0.25, -0.2) is 0 Å². The summed E-state index contributed by atoms with van der Waals surface area (Å²) in [6.45, 7) is 0. The van der Waals surface area contributed by atoms with Crippen LogP contribution in [0.5, 0.6) is 11.5 Å². The molecule has 0 fully saturated rings. The van der Waals surface area contributed by atoms with Gasteiger partial charge in [0.05, 0.1) is 5.41 Å². The summed E-state index contributed by atoms with van der Waals surface area (Å²) in [5.74, 6) is 1.81. The number of ether oxygens (including phenoxy) is 1. The summed E-state index contributed by atoms with van der Waals surface area (Å²) >= 11 is 0. The van der Waals surface area contributed by atoms with E-state index in [-0.39, 0.29) is 0 Å². The Morgan fingerprint density at radius 2 is 0.667 bits per heavy atom. The molecule has 0 N–H and O–H groups in total. The van der Waals surface area contributed by atoms with Gasteiger partial charge in [-0.05, 0) is 104 Å². The minimum absolute atomic E-state index is 0.498. The smallest absolute Gasteiger partial charge is 0.132 e. The summed E-state index contributed by atoms with van der Waals surface area (Å²) in [6, 6.07) is 80.9. The lowest BCUT2D eigenvalue weighted by Crippen LogP contribution is -2.32. The number of fused-ring (bicyclic) bond motifs is 9. The summed E-state index contributed by atoms with van der Waals surface area (Å²) in [7, 11) is 0. The highest BCUT2D eigenvalue weighted by Crippen LogP contribution is 2.63. The van der Waals surface area contributed by atoms with Crippen molar-refractivity contribution < 1.29 is 4.74 Å². The van der Waals surface area contributed by atoms with Crippen molar-refractivity contribution in [2.75, 3.05) is 4.90 Å². The lowest BCUT2D eigenvalue weighted by molar-refractivity contribution is 0.436. The summed E-state index contributed by atoms with van der Waals surface area (Å²) in [4.78, 5) is 2.35. The largest absolute Gasteiger partial charge is 0.457 e. The van der Waals surface area contributed by atoms with Crippen molar-refractivity contribution in [2.45, 2.75) is 5.41 Å². The molecule has 1 spiro atoms. The van der Waals surface area contributed by atoms with Crippen LogP contribution in [0.1, 0.15) is 22.3 Å². The first kappa shape index (κ1) is 33.0. The van der Waals surface area contributed by atoms with Crippen LogP contribution in [-0.4, -0.2) is 0 Å². The van der Waals surface area contributed by atoms with Crippen LogP contribution in [-0.2, 0) is 5.41 Å². The molecule has 57 heavy (non-hydrogen) atoms. The average molecular weight is 728 g/mol. The fraction of sp³-hybridized carbons (Fsp3) is 0.0182. The number of anilines is 3. The van der Waals surface area contributed by atoms with Crippen LogP contribution in [0.4, 0.5) is 17.1 Å². The molecular formula is C55H37NO. The molecule has 2 nitrogen and oxygen atoms in total.